The summed E-state index contributed by atoms with van der Waals surface area (Å²) in [5, 5.41) is 0. The lowest BCUT2D eigenvalue weighted by Gasteiger charge is -2.15. The zero-order valence-corrected chi connectivity index (χ0v) is 12.0. The van der Waals surface area contributed by atoms with Gasteiger partial charge < -0.3 is 4.74 Å². The van der Waals surface area contributed by atoms with Crippen LogP contribution in [0.1, 0.15) is 15.9 Å². The fourth-order valence-corrected chi connectivity index (χ4v) is 2.06. The van der Waals surface area contributed by atoms with Gasteiger partial charge in [-0.1, -0.05) is 66.0 Å². The molecule has 1 aromatic rings. The summed E-state index contributed by atoms with van der Waals surface area (Å²) in [5.41, 5.74) is 1.28. The van der Waals surface area contributed by atoms with Gasteiger partial charge in [-0.3, -0.25) is 0 Å². The topological polar surface area (TPSA) is 26.3 Å². The lowest BCUT2D eigenvalue weighted by Crippen LogP contribution is -2.10. The molecule has 0 fully saturated rings. The lowest BCUT2D eigenvalue weighted by atomic mass is 10.1. The van der Waals surface area contributed by atoms with E-state index >= 15 is 0 Å². The third kappa shape index (κ3) is 2.81. The quantitative estimate of drug-likeness (QED) is 0.542. The molecule has 1 aromatic carbocycles. The van der Waals surface area contributed by atoms with E-state index in [4.69, 9.17) is 0 Å². The second-order valence-electron chi connectivity index (χ2n) is 2.53. The smallest absolute Gasteiger partial charge is 0.338 e. The first-order chi connectivity index (χ1) is 6.46. The molecule has 0 atom stereocenters. The van der Waals surface area contributed by atoms with Gasteiger partial charge in [0.05, 0.1) is 12.7 Å². The van der Waals surface area contributed by atoms with Crippen molar-refractivity contribution >= 4 is 53.8 Å². The minimum Gasteiger partial charge on any atom is -0.465 e. The summed E-state index contributed by atoms with van der Waals surface area (Å²) in [6.45, 7) is 0. The molecule has 0 aliphatic heterocycles. The fourth-order valence-electron chi connectivity index (χ4n) is 1.02. The minimum absolute atomic E-state index is 0.358. The maximum atomic E-state index is 11.4. The number of methoxy groups -OCH3 is 1. The van der Waals surface area contributed by atoms with Crippen LogP contribution in [0.2, 0.25) is 0 Å². The number of benzene rings is 1. The average Bonchev–Trinajstić information content (AvgIpc) is 2.15. The number of hydrogen-bond acceptors (Lipinski definition) is 2. The fraction of sp³-hybridized carbons (Fsp3) is 0.222. The van der Waals surface area contributed by atoms with Crippen LogP contribution in [0.25, 0.3) is 0 Å². The molecular weight excluding hydrogens is 380 g/mol. The van der Waals surface area contributed by atoms with Gasteiger partial charge in [-0.25, -0.2) is 4.79 Å². The Bertz CT molecular complexity index is 344. The van der Waals surface area contributed by atoms with E-state index in [0.717, 1.165) is 5.56 Å². The van der Waals surface area contributed by atoms with Crippen LogP contribution in [0, 0.1) is 0 Å². The number of esters is 1. The molecule has 76 valence electrons. The normalized spacial score (nSPS) is 11.1. The first-order valence-corrected chi connectivity index (χ1v) is 6.09. The van der Waals surface area contributed by atoms with Gasteiger partial charge in [0, 0.05) is 5.56 Å². The van der Waals surface area contributed by atoms with Crippen molar-refractivity contribution in [1.82, 2.24) is 0 Å². The summed E-state index contributed by atoms with van der Waals surface area (Å²) in [4.78, 5) is 11.4. The van der Waals surface area contributed by atoms with Gasteiger partial charge >= 0.3 is 5.97 Å². The van der Waals surface area contributed by atoms with E-state index in [2.05, 4.69) is 52.5 Å². The number of rotatable bonds is 1. The molecule has 0 unspecified atom stereocenters. The molecule has 0 heterocycles. The summed E-state index contributed by atoms with van der Waals surface area (Å²) in [5.74, 6) is -0.358. The summed E-state index contributed by atoms with van der Waals surface area (Å²) in [6, 6.07) is 7.17. The minimum atomic E-state index is -0.599. The molecule has 0 N–H and O–H groups in total. The van der Waals surface area contributed by atoms with E-state index in [-0.39, 0.29) is 5.97 Å². The number of carbonyl (C=O) groups excluding carboxylic acids is 1. The summed E-state index contributed by atoms with van der Waals surface area (Å²) in [6.07, 6.45) is 0. The van der Waals surface area contributed by atoms with E-state index in [9.17, 15) is 4.79 Å². The van der Waals surface area contributed by atoms with Crippen molar-refractivity contribution in [3.8, 4) is 0 Å². The Kier molecular flexibility index (Phi) is 4.15. The van der Waals surface area contributed by atoms with Crippen molar-refractivity contribution < 1.29 is 9.53 Å². The molecule has 0 saturated carbocycles. The predicted molar refractivity (Wildman–Crippen MR) is 66.2 cm³/mol. The molecule has 1 rings (SSSR count). The van der Waals surface area contributed by atoms with Crippen molar-refractivity contribution in [1.29, 1.82) is 0 Å². The van der Waals surface area contributed by atoms with Gasteiger partial charge in [0.25, 0.3) is 0 Å². The Hall–Kier alpha value is 0.130. The highest BCUT2D eigenvalue weighted by molar-refractivity contribution is 9.38. The standard InChI is InChI=1S/C9H7Br3O2/c1-14-8(13)6-4-2-3-5-7(6)9(10,11)12/h2-5H,1H3. The van der Waals surface area contributed by atoms with E-state index in [0.29, 0.717) is 5.56 Å². The second kappa shape index (κ2) is 4.77. The second-order valence-corrected chi connectivity index (χ2v) is 9.30. The number of hydrogen-bond donors (Lipinski definition) is 0. The zero-order chi connectivity index (χ0) is 10.8. The van der Waals surface area contributed by atoms with Crippen LogP contribution in [0.15, 0.2) is 24.3 Å². The number of carbonyl (C=O) groups is 1. The van der Waals surface area contributed by atoms with Crippen molar-refractivity contribution in [2.75, 3.05) is 7.11 Å². The van der Waals surface area contributed by atoms with Crippen molar-refractivity contribution in [3.05, 3.63) is 35.4 Å². The summed E-state index contributed by atoms with van der Waals surface area (Å²) < 4.78 is 4.07. The molecule has 2 nitrogen and oxygen atoms in total. The zero-order valence-electron chi connectivity index (χ0n) is 7.26. The van der Waals surface area contributed by atoms with Gasteiger partial charge in [-0.2, -0.15) is 0 Å². The molecule has 0 aromatic heterocycles. The van der Waals surface area contributed by atoms with Crippen molar-refractivity contribution in [3.63, 3.8) is 0 Å². The maximum absolute atomic E-state index is 11.4. The third-order valence-corrected chi connectivity index (χ3v) is 2.92. The highest BCUT2D eigenvalue weighted by atomic mass is 80.0. The van der Waals surface area contributed by atoms with E-state index in [1.165, 1.54) is 7.11 Å². The lowest BCUT2D eigenvalue weighted by molar-refractivity contribution is 0.0599. The number of halogens is 3. The monoisotopic (exact) mass is 384 g/mol. The highest BCUT2D eigenvalue weighted by Crippen LogP contribution is 2.45. The van der Waals surface area contributed by atoms with E-state index in [1.807, 2.05) is 12.1 Å². The van der Waals surface area contributed by atoms with Gasteiger partial charge in [-0.05, 0) is 6.07 Å². The molecule has 0 saturated heterocycles. The molecule has 0 radical (unpaired) electrons. The van der Waals surface area contributed by atoms with Crippen LogP contribution in [-0.4, -0.2) is 13.1 Å². The molecule has 5 heteroatoms. The summed E-state index contributed by atoms with van der Waals surface area (Å²) in [7, 11) is 1.36. The molecule has 0 amide bonds. The Morgan fingerprint density at radius 3 is 2.36 bits per heavy atom. The average molecular weight is 387 g/mol. The van der Waals surface area contributed by atoms with Crippen LogP contribution >= 0.6 is 47.8 Å². The Balaban J connectivity index is 3.23. The van der Waals surface area contributed by atoms with Crippen LogP contribution in [0.3, 0.4) is 0 Å². The number of alkyl halides is 3. The summed E-state index contributed by atoms with van der Waals surface area (Å²) >= 11 is 10.1. The van der Waals surface area contributed by atoms with Gasteiger partial charge in [0.1, 0.15) is 0 Å². The van der Waals surface area contributed by atoms with Crippen LogP contribution in [-0.2, 0) is 6.88 Å². The SMILES string of the molecule is COC(=O)c1ccccc1C(Br)(Br)Br. The van der Waals surface area contributed by atoms with E-state index < -0.39 is 2.14 Å². The highest BCUT2D eigenvalue weighted by Gasteiger charge is 2.26. The first-order valence-electron chi connectivity index (χ1n) is 3.71. The van der Waals surface area contributed by atoms with Crippen LogP contribution in [0.5, 0.6) is 0 Å². The molecule has 0 aliphatic carbocycles. The molecule has 0 bridgehead atoms. The van der Waals surface area contributed by atoms with Crippen molar-refractivity contribution in [2.45, 2.75) is 2.14 Å². The van der Waals surface area contributed by atoms with Crippen LogP contribution < -0.4 is 0 Å². The van der Waals surface area contributed by atoms with Crippen molar-refractivity contribution in [2.24, 2.45) is 0 Å². The molecular formula is C9H7Br3O2. The Morgan fingerprint density at radius 2 is 1.86 bits per heavy atom. The largest absolute Gasteiger partial charge is 0.465 e. The van der Waals surface area contributed by atoms with Gasteiger partial charge in [0.2, 0.25) is 0 Å². The Morgan fingerprint density at radius 1 is 1.29 bits per heavy atom. The van der Waals surface area contributed by atoms with Gasteiger partial charge in [-0.15, -0.1) is 0 Å². The maximum Gasteiger partial charge on any atom is 0.338 e. The third-order valence-electron chi connectivity index (χ3n) is 1.64. The predicted octanol–water partition coefficient (Wildman–Crippen LogP) is 3.77. The van der Waals surface area contributed by atoms with Crippen LogP contribution in [0.4, 0.5) is 0 Å². The van der Waals surface area contributed by atoms with E-state index in [1.54, 1.807) is 12.1 Å². The molecule has 0 spiro atoms. The Labute approximate surface area is 107 Å². The number of ether oxygens (including phenoxy) is 1. The molecule has 14 heavy (non-hydrogen) atoms. The van der Waals surface area contributed by atoms with Gasteiger partial charge in [0.15, 0.2) is 2.14 Å². The molecule has 0 aliphatic rings. The first kappa shape index (κ1) is 12.2.